The lowest BCUT2D eigenvalue weighted by Gasteiger charge is -2.23. The molecule has 3 aromatic rings. The van der Waals surface area contributed by atoms with Gasteiger partial charge in [-0.15, -0.1) is 0 Å². The molecule has 2 aromatic heterocycles. The maximum Gasteiger partial charge on any atom is 0.266 e. The number of aliphatic hydroxyl groups is 1. The van der Waals surface area contributed by atoms with E-state index in [1.165, 1.54) is 10.9 Å². The molecule has 3 rings (SSSR count). The standard InChI is InChI=1S/C17H18ClN5O3S/c1-10-4-5-12(15-14(10)11(6-19)7-20-15)22-27(25,26)13-8-21-23(16(13)18)17(2,3)9-24/h4-5,7-8,20,22,24H,9H2,1-3H3. The molecule has 10 heteroatoms. The number of nitrogens with one attached hydrogen (secondary N) is 2. The largest absolute Gasteiger partial charge is 0.394 e. The van der Waals surface area contributed by atoms with Gasteiger partial charge in [0.1, 0.15) is 16.1 Å². The van der Waals surface area contributed by atoms with E-state index in [0.717, 1.165) is 11.8 Å². The van der Waals surface area contributed by atoms with Crippen LogP contribution in [0, 0.1) is 18.3 Å². The van der Waals surface area contributed by atoms with Gasteiger partial charge in [-0.3, -0.25) is 4.72 Å². The summed E-state index contributed by atoms with van der Waals surface area (Å²) in [6, 6.07) is 5.43. The average molecular weight is 408 g/mol. The molecule has 2 heterocycles. The van der Waals surface area contributed by atoms with Gasteiger partial charge < -0.3 is 10.1 Å². The Hall–Kier alpha value is -2.54. The number of nitrogens with zero attached hydrogens (tertiary/aromatic N) is 3. The summed E-state index contributed by atoms with van der Waals surface area (Å²) in [4.78, 5) is 2.74. The van der Waals surface area contributed by atoms with Crippen LogP contribution >= 0.6 is 11.6 Å². The number of anilines is 1. The van der Waals surface area contributed by atoms with Crippen molar-refractivity contribution in [3.63, 3.8) is 0 Å². The van der Waals surface area contributed by atoms with Crippen molar-refractivity contribution in [2.75, 3.05) is 11.3 Å². The van der Waals surface area contributed by atoms with Gasteiger partial charge in [0.25, 0.3) is 10.0 Å². The van der Waals surface area contributed by atoms with Gasteiger partial charge in [0.15, 0.2) is 0 Å². The summed E-state index contributed by atoms with van der Waals surface area (Å²) in [7, 11) is -4.04. The van der Waals surface area contributed by atoms with Gasteiger partial charge in [-0.05, 0) is 32.4 Å². The molecule has 0 amide bonds. The monoisotopic (exact) mass is 407 g/mol. The van der Waals surface area contributed by atoms with Gasteiger partial charge in [-0.2, -0.15) is 10.4 Å². The lowest BCUT2D eigenvalue weighted by Crippen LogP contribution is -2.31. The van der Waals surface area contributed by atoms with E-state index < -0.39 is 15.6 Å². The van der Waals surface area contributed by atoms with Crippen LogP contribution in [0.1, 0.15) is 25.0 Å². The molecule has 8 nitrogen and oxygen atoms in total. The number of aryl methyl sites for hydroxylation is 1. The van der Waals surface area contributed by atoms with Gasteiger partial charge in [0.05, 0.1) is 35.1 Å². The van der Waals surface area contributed by atoms with Crippen molar-refractivity contribution < 1.29 is 13.5 Å². The first-order chi connectivity index (χ1) is 12.6. The van der Waals surface area contributed by atoms with Crippen LogP contribution in [0.5, 0.6) is 0 Å². The molecule has 0 saturated heterocycles. The third-order valence-electron chi connectivity index (χ3n) is 4.34. The topological polar surface area (TPSA) is 124 Å². The molecule has 142 valence electrons. The molecular formula is C17H18ClN5O3S. The Morgan fingerprint density at radius 3 is 2.78 bits per heavy atom. The smallest absolute Gasteiger partial charge is 0.266 e. The number of H-pyrrole nitrogens is 1. The number of aromatic nitrogens is 3. The Bertz CT molecular complexity index is 1170. The predicted octanol–water partition coefficient (Wildman–Crippen LogP) is 2.73. The fourth-order valence-electron chi connectivity index (χ4n) is 2.78. The summed E-state index contributed by atoms with van der Waals surface area (Å²) in [5, 5.41) is 23.3. The normalized spacial score (nSPS) is 12.3. The average Bonchev–Trinajstić information content (AvgIpc) is 3.22. The van der Waals surface area contributed by atoms with Crippen LogP contribution in [0.4, 0.5) is 5.69 Å². The fourth-order valence-corrected chi connectivity index (χ4v) is 4.47. The summed E-state index contributed by atoms with van der Waals surface area (Å²) in [5.74, 6) is 0. The van der Waals surface area contributed by atoms with Gasteiger partial charge in [-0.1, -0.05) is 17.7 Å². The van der Waals surface area contributed by atoms with E-state index in [4.69, 9.17) is 11.6 Å². The molecule has 0 aliphatic rings. The first-order valence-corrected chi connectivity index (χ1v) is 9.87. The Morgan fingerprint density at radius 2 is 2.15 bits per heavy atom. The number of sulfonamides is 1. The molecule has 0 aliphatic carbocycles. The van der Waals surface area contributed by atoms with Crippen molar-refractivity contribution in [2.24, 2.45) is 0 Å². The molecule has 3 N–H and O–H groups in total. The molecule has 0 atom stereocenters. The van der Waals surface area contributed by atoms with Crippen LogP contribution in [0.15, 0.2) is 29.4 Å². The summed E-state index contributed by atoms with van der Waals surface area (Å²) in [5.41, 5.74) is 1.22. The van der Waals surface area contributed by atoms with E-state index >= 15 is 0 Å². The Kier molecular flexibility index (Phi) is 4.67. The number of nitriles is 1. The Labute approximate surface area is 161 Å². The van der Waals surface area contributed by atoms with Crippen LogP contribution in [0.3, 0.4) is 0 Å². The van der Waals surface area contributed by atoms with Crippen LogP contribution in [0.2, 0.25) is 5.15 Å². The van der Waals surface area contributed by atoms with Crippen LogP contribution in [-0.4, -0.2) is 34.9 Å². The molecule has 0 saturated carbocycles. The minimum atomic E-state index is -4.04. The van der Waals surface area contributed by atoms with Gasteiger partial charge in [0.2, 0.25) is 0 Å². The number of rotatable bonds is 5. The molecule has 1 aromatic carbocycles. The van der Waals surface area contributed by atoms with Gasteiger partial charge >= 0.3 is 0 Å². The highest BCUT2D eigenvalue weighted by Crippen LogP contribution is 2.32. The highest BCUT2D eigenvalue weighted by molar-refractivity contribution is 7.92. The number of hydrogen-bond donors (Lipinski definition) is 3. The lowest BCUT2D eigenvalue weighted by molar-refractivity contribution is 0.152. The molecule has 0 unspecified atom stereocenters. The summed E-state index contributed by atoms with van der Waals surface area (Å²) in [6.07, 6.45) is 2.67. The van der Waals surface area contributed by atoms with E-state index in [1.807, 2.05) is 6.92 Å². The van der Waals surface area contributed by atoms with E-state index in [1.54, 1.807) is 26.0 Å². The summed E-state index contributed by atoms with van der Waals surface area (Å²) in [6.45, 7) is 4.94. The number of aliphatic hydroxyl groups excluding tert-OH is 1. The molecule has 0 fully saturated rings. The van der Waals surface area contributed by atoms with E-state index in [0.29, 0.717) is 22.2 Å². The predicted molar refractivity (Wildman–Crippen MR) is 102 cm³/mol. The molecular weight excluding hydrogens is 390 g/mol. The van der Waals surface area contributed by atoms with Crippen molar-refractivity contribution in [3.8, 4) is 6.07 Å². The number of fused-ring (bicyclic) bond motifs is 1. The molecule has 27 heavy (non-hydrogen) atoms. The highest BCUT2D eigenvalue weighted by Gasteiger charge is 2.29. The van der Waals surface area contributed by atoms with Crippen LogP contribution < -0.4 is 4.72 Å². The van der Waals surface area contributed by atoms with Crippen molar-refractivity contribution in [1.82, 2.24) is 14.8 Å². The van der Waals surface area contributed by atoms with Crippen molar-refractivity contribution in [1.29, 1.82) is 5.26 Å². The molecule has 0 spiro atoms. The Morgan fingerprint density at radius 1 is 1.44 bits per heavy atom. The third kappa shape index (κ3) is 3.16. The zero-order chi connectivity index (χ0) is 20.0. The number of benzene rings is 1. The minimum absolute atomic E-state index is 0.103. The number of hydrogen-bond acceptors (Lipinski definition) is 5. The SMILES string of the molecule is Cc1ccc(NS(=O)(=O)c2cnn(C(C)(C)CO)c2Cl)c2[nH]cc(C#N)c12. The Balaban J connectivity index is 2.07. The summed E-state index contributed by atoms with van der Waals surface area (Å²) >= 11 is 6.23. The maximum atomic E-state index is 12.9. The van der Waals surface area contributed by atoms with Crippen molar-refractivity contribution in [2.45, 2.75) is 31.2 Å². The lowest BCUT2D eigenvalue weighted by atomic mass is 10.1. The zero-order valence-corrected chi connectivity index (χ0v) is 16.5. The third-order valence-corrected chi connectivity index (χ3v) is 6.18. The molecule has 0 radical (unpaired) electrons. The first kappa shape index (κ1) is 19.2. The van der Waals surface area contributed by atoms with E-state index in [-0.39, 0.29) is 16.7 Å². The molecule has 0 aliphatic heterocycles. The number of halogens is 1. The first-order valence-electron chi connectivity index (χ1n) is 8.01. The summed E-state index contributed by atoms with van der Waals surface area (Å²) < 4.78 is 29.5. The quantitative estimate of drug-likeness (QED) is 0.599. The minimum Gasteiger partial charge on any atom is -0.394 e. The van der Waals surface area contributed by atoms with Crippen molar-refractivity contribution >= 4 is 38.2 Å². The maximum absolute atomic E-state index is 12.9. The fraction of sp³-hybridized carbons (Fsp3) is 0.294. The second kappa shape index (κ2) is 6.56. The van der Waals surface area contributed by atoms with E-state index in [9.17, 15) is 18.8 Å². The number of aromatic amines is 1. The second-order valence-corrected chi connectivity index (χ2v) is 8.79. The van der Waals surface area contributed by atoms with Gasteiger partial charge in [-0.25, -0.2) is 13.1 Å². The molecule has 0 bridgehead atoms. The highest BCUT2D eigenvalue weighted by atomic mass is 35.5. The van der Waals surface area contributed by atoms with Crippen molar-refractivity contribution in [3.05, 3.63) is 40.8 Å². The van der Waals surface area contributed by atoms with Crippen LogP contribution in [0.25, 0.3) is 10.9 Å². The van der Waals surface area contributed by atoms with Crippen LogP contribution in [-0.2, 0) is 15.6 Å². The van der Waals surface area contributed by atoms with Gasteiger partial charge in [0, 0.05) is 11.6 Å². The van der Waals surface area contributed by atoms with E-state index in [2.05, 4.69) is 20.9 Å². The second-order valence-electron chi connectivity index (χ2n) is 6.78. The zero-order valence-electron chi connectivity index (χ0n) is 14.9.